The molecule has 0 radical (unpaired) electrons. The number of aromatic amines is 1. The van der Waals surface area contributed by atoms with Crippen molar-refractivity contribution in [3.63, 3.8) is 0 Å². The van der Waals surface area contributed by atoms with Crippen LogP contribution in [0.4, 0.5) is 0 Å². The van der Waals surface area contributed by atoms with Crippen LogP contribution in [0.25, 0.3) is 33.1 Å². The van der Waals surface area contributed by atoms with Gasteiger partial charge >= 0.3 is 5.69 Å². The fourth-order valence-electron chi connectivity index (χ4n) is 4.65. The van der Waals surface area contributed by atoms with Crippen molar-refractivity contribution in [3.05, 3.63) is 51.4 Å². The molecule has 1 aliphatic heterocycles. The Kier molecular flexibility index (Phi) is 5.15. The van der Waals surface area contributed by atoms with E-state index in [1.54, 1.807) is 41.1 Å². The van der Waals surface area contributed by atoms with Gasteiger partial charge in [-0.1, -0.05) is 0 Å². The van der Waals surface area contributed by atoms with Crippen molar-refractivity contribution in [1.29, 1.82) is 0 Å². The third-order valence-electron chi connectivity index (χ3n) is 6.39. The summed E-state index contributed by atoms with van der Waals surface area (Å²) in [7, 11) is 5.14. The van der Waals surface area contributed by atoms with Gasteiger partial charge in [0.2, 0.25) is 0 Å². The summed E-state index contributed by atoms with van der Waals surface area (Å²) in [5, 5.41) is 0.823. The molecule has 0 spiro atoms. The Morgan fingerprint density at radius 3 is 2.59 bits per heavy atom. The Balaban J connectivity index is 1.69. The molecule has 9 nitrogen and oxygen atoms in total. The molecular weight excluding hydrogens is 410 g/mol. The van der Waals surface area contributed by atoms with Crippen molar-refractivity contribution >= 4 is 21.9 Å². The molecule has 4 aromatic rings. The quantitative estimate of drug-likeness (QED) is 0.512. The number of aromatic nitrogens is 4. The zero-order valence-electron chi connectivity index (χ0n) is 18.6. The first-order chi connectivity index (χ1) is 15.5. The highest BCUT2D eigenvalue weighted by Crippen LogP contribution is 2.38. The van der Waals surface area contributed by atoms with E-state index in [4.69, 9.17) is 9.47 Å². The number of aryl methyl sites for hydroxylation is 2. The van der Waals surface area contributed by atoms with Gasteiger partial charge in [-0.3, -0.25) is 18.8 Å². The second-order valence-electron chi connectivity index (χ2n) is 8.19. The highest BCUT2D eigenvalue weighted by molar-refractivity contribution is 6.00. The zero-order chi connectivity index (χ0) is 22.4. The molecule has 1 fully saturated rings. The molecule has 4 heterocycles. The Labute approximate surface area is 184 Å². The lowest BCUT2D eigenvalue weighted by atomic mass is 10.0. The van der Waals surface area contributed by atoms with E-state index in [0.717, 1.165) is 60.4 Å². The molecule has 5 rings (SSSR count). The summed E-state index contributed by atoms with van der Waals surface area (Å²) in [6.07, 6.45) is 3.59. The summed E-state index contributed by atoms with van der Waals surface area (Å²) in [4.78, 5) is 31.0. The molecular formula is C23H27N5O4. The van der Waals surface area contributed by atoms with E-state index in [-0.39, 0.29) is 11.2 Å². The Bertz CT molecular complexity index is 1420. The van der Waals surface area contributed by atoms with Crippen LogP contribution >= 0.6 is 0 Å². The van der Waals surface area contributed by atoms with Gasteiger partial charge in [0.25, 0.3) is 5.56 Å². The Hall–Kier alpha value is -3.30. The van der Waals surface area contributed by atoms with Crippen LogP contribution in [-0.2, 0) is 25.4 Å². The standard InChI is InChI=1S/C23H27N5O4/c1-25-14-17(15-6-7-24-19(15)22(25)29)16-4-5-18-20(21(16)31-3)28(23(30)26(18)2)9-8-27-10-12-32-13-11-27/h4-7,14,24H,8-13H2,1-3H3. The predicted octanol–water partition coefficient (Wildman–Crippen LogP) is 1.53. The molecule has 168 valence electrons. The minimum Gasteiger partial charge on any atom is -0.494 e. The molecule has 0 amide bonds. The molecule has 0 unspecified atom stereocenters. The zero-order valence-corrected chi connectivity index (χ0v) is 18.6. The number of hydrogen-bond donors (Lipinski definition) is 1. The summed E-state index contributed by atoms with van der Waals surface area (Å²) in [5.74, 6) is 0.628. The average molecular weight is 438 g/mol. The first-order valence-electron chi connectivity index (χ1n) is 10.7. The Morgan fingerprint density at radius 2 is 1.84 bits per heavy atom. The van der Waals surface area contributed by atoms with Crippen molar-refractivity contribution in [3.8, 4) is 16.9 Å². The molecule has 1 aromatic carbocycles. The maximum absolute atomic E-state index is 13.1. The largest absolute Gasteiger partial charge is 0.494 e. The molecule has 9 heteroatoms. The predicted molar refractivity (Wildman–Crippen MR) is 124 cm³/mol. The second-order valence-corrected chi connectivity index (χ2v) is 8.19. The van der Waals surface area contributed by atoms with Crippen LogP contribution in [0.3, 0.4) is 0 Å². The number of hydrogen-bond acceptors (Lipinski definition) is 5. The fourth-order valence-corrected chi connectivity index (χ4v) is 4.65. The monoisotopic (exact) mass is 437 g/mol. The normalized spacial score (nSPS) is 15.1. The molecule has 1 saturated heterocycles. The van der Waals surface area contributed by atoms with E-state index in [0.29, 0.717) is 17.8 Å². The van der Waals surface area contributed by atoms with E-state index in [9.17, 15) is 9.59 Å². The van der Waals surface area contributed by atoms with E-state index in [1.807, 2.05) is 24.4 Å². The highest BCUT2D eigenvalue weighted by Gasteiger charge is 2.22. The van der Waals surface area contributed by atoms with Gasteiger partial charge in [-0.25, -0.2) is 4.79 Å². The van der Waals surface area contributed by atoms with Crippen LogP contribution in [0.5, 0.6) is 5.75 Å². The number of H-pyrrole nitrogens is 1. The van der Waals surface area contributed by atoms with E-state index < -0.39 is 0 Å². The molecule has 1 N–H and O–H groups in total. The molecule has 0 bridgehead atoms. The summed E-state index contributed by atoms with van der Waals surface area (Å²) >= 11 is 0. The molecule has 3 aromatic heterocycles. The third-order valence-corrected chi connectivity index (χ3v) is 6.39. The molecule has 0 aliphatic carbocycles. The van der Waals surface area contributed by atoms with Gasteiger partial charge in [0.05, 0.1) is 25.8 Å². The number of methoxy groups -OCH3 is 1. The van der Waals surface area contributed by atoms with Crippen molar-refractivity contribution in [2.45, 2.75) is 6.54 Å². The average Bonchev–Trinajstić information content (AvgIpc) is 3.39. The number of benzene rings is 1. The van der Waals surface area contributed by atoms with Gasteiger partial charge in [0.15, 0.2) is 5.75 Å². The number of ether oxygens (including phenoxy) is 2. The number of rotatable bonds is 5. The second kappa shape index (κ2) is 7.99. The molecule has 32 heavy (non-hydrogen) atoms. The van der Waals surface area contributed by atoms with Crippen molar-refractivity contribution in [1.82, 2.24) is 23.6 Å². The first kappa shape index (κ1) is 20.6. The minimum absolute atomic E-state index is 0.0732. The molecule has 1 aliphatic rings. The summed E-state index contributed by atoms with van der Waals surface area (Å²) in [6.45, 7) is 4.49. The van der Waals surface area contributed by atoms with E-state index in [2.05, 4.69) is 9.88 Å². The minimum atomic E-state index is -0.0871. The van der Waals surface area contributed by atoms with Crippen LogP contribution < -0.4 is 16.0 Å². The van der Waals surface area contributed by atoms with E-state index in [1.165, 1.54) is 0 Å². The van der Waals surface area contributed by atoms with Crippen LogP contribution in [0.2, 0.25) is 0 Å². The van der Waals surface area contributed by atoms with Gasteiger partial charge in [-0.05, 0) is 18.2 Å². The van der Waals surface area contributed by atoms with Crippen molar-refractivity contribution < 1.29 is 9.47 Å². The van der Waals surface area contributed by atoms with E-state index >= 15 is 0 Å². The topological polar surface area (TPSA) is 86.4 Å². The summed E-state index contributed by atoms with van der Waals surface area (Å²) < 4.78 is 16.4. The third kappa shape index (κ3) is 3.16. The number of morpholine rings is 1. The maximum atomic E-state index is 13.1. The van der Waals surface area contributed by atoms with Crippen LogP contribution in [0.15, 0.2) is 40.2 Å². The maximum Gasteiger partial charge on any atom is 0.328 e. The number of fused-ring (bicyclic) bond motifs is 2. The van der Waals surface area contributed by atoms with Crippen LogP contribution in [-0.4, -0.2) is 63.5 Å². The lowest BCUT2D eigenvalue weighted by Crippen LogP contribution is -2.39. The number of imidazole rings is 1. The highest BCUT2D eigenvalue weighted by atomic mass is 16.5. The van der Waals surface area contributed by atoms with Crippen LogP contribution in [0.1, 0.15) is 0 Å². The van der Waals surface area contributed by atoms with Crippen molar-refractivity contribution in [2.75, 3.05) is 40.0 Å². The van der Waals surface area contributed by atoms with Gasteiger partial charge < -0.3 is 19.0 Å². The van der Waals surface area contributed by atoms with Crippen LogP contribution in [0, 0.1) is 0 Å². The smallest absolute Gasteiger partial charge is 0.328 e. The van der Waals surface area contributed by atoms with Crippen molar-refractivity contribution in [2.24, 2.45) is 14.1 Å². The lowest BCUT2D eigenvalue weighted by Gasteiger charge is -2.26. The molecule has 0 atom stereocenters. The Morgan fingerprint density at radius 1 is 1.06 bits per heavy atom. The fraction of sp³-hybridized carbons (Fsp3) is 0.391. The summed E-state index contributed by atoms with van der Waals surface area (Å²) in [5.41, 5.74) is 3.68. The van der Waals surface area contributed by atoms with Gasteiger partial charge in [-0.2, -0.15) is 0 Å². The number of nitrogens with one attached hydrogen (secondary N) is 1. The number of nitrogens with zero attached hydrogens (tertiary/aromatic N) is 4. The SMILES string of the molecule is COc1c(-c2cn(C)c(=O)c3[nH]ccc23)ccc2c1n(CCN1CCOCC1)c(=O)n2C. The van der Waals surface area contributed by atoms with Gasteiger partial charge in [0, 0.05) is 69.2 Å². The number of pyridine rings is 1. The summed E-state index contributed by atoms with van der Waals surface area (Å²) in [6, 6.07) is 5.80. The van der Waals surface area contributed by atoms with Gasteiger partial charge in [0.1, 0.15) is 11.0 Å². The van der Waals surface area contributed by atoms with Gasteiger partial charge in [-0.15, -0.1) is 0 Å². The molecule has 0 saturated carbocycles. The first-order valence-corrected chi connectivity index (χ1v) is 10.7. The lowest BCUT2D eigenvalue weighted by molar-refractivity contribution is 0.0364.